The van der Waals surface area contributed by atoms with Crippen LogP contribution >= 0.6 is 0 Å². The molecule has 0 atom stereocenters. The van der Waals surface area contributed by atoms with Crippen LogP contribution in [0.1, 0.15) is 36.5 Å². The number of hydrogen-bond donors (Lipinski definition) is 1. The second-order valence-corrected chi connectivity index (χ2v) is 6.70. The number of allylic oxidation sites excluding steroid dienone is 6. The van der Waals surface area contributed by atoms with Gasteiger partial charge in [0.05, 0.1) is 0 Å². The Morgan fingerprint density at radius 2 is 1.88 bits per heavy atom. The maximum atomic E-state index is 3.86. The first-order valence-electron chi connectivity index (χ1n) is 9.46. The van der Waals surface area contributed by atoms with Crippen LogP contribution in [-0.2, 0) is 12.8 Å². The van der Waals surface area contributed by atoms with Crippen LogP contribution in [0.2, 0.25) is 0 Å². The predicted octanol–water partition coefficient (Wildman–Crippen LogP) is 3.24. The van der Waals surface area contributed by atoms with Gasteiger partial charge in [0.1, 0.15) is 6.54 Å². The molecule has 0 saturated heterocycles. The van der Waals surface area contributed by atoms with Crippen molar-refractivity contribution in [1.29, 1.82) is 0 Å². The molecule has 0 fully saturated rings. The van der Waals surface area contributed by atoms with Crippen molar-refractivity contribution in [2.24, 2.45) is 0 Å². The van der Waals surface area contributed by atoms with Gasteiger partial charge in [-0.25, -0.2) is 4.99 Å². The van der Waals surface area contributed by atoms with E-state index in [2.05, 4.69) is 59.8 Å². The summed E-state index contributed by atoms with van der Waals surface area (Å²) in [6, 6.07) is 4.76. The number of rotatable bonds is 6. The number of aryl methyl sites for hydroxylation is 2. The van der Waals surface area contributed by atoms with Gasteiger partial charge in [0.15, 0.2) is 6.21 Å². The largest absolute Gasteiger partial charge is 0.371 e. The molecule has 0 bridgehead atoms. The molecule has 1 aromatic carbocycles. The van der Waals surface area contributed by atoms with E-state index in [9.17, 15) is 0 Å². The third-order valence-electron chi connectivity index (χ3n) is 4.88. The van der Waals surface area contributed by atoms with E-state index in [1.54, 1.807) is 16.8 Å². The Morgan fingerprint density at radius 1 is 1.16 bits per heavy atom. The van der Waals surface area contributed by atoms with Crippen LogP contribution in [0.3, 0.4) is 0 Å². The number of benzene rings is 1. The molecule has 0 aromatic heterocycles. The lowest BCUT2D eigenvalue weighted by atomic mass is 9.90. The first-order chi connectivity index (χ1) is 12.3. The molecule has 2 aliphatic heterocycles. The highest BCUT2D eigenvalue weighted by Gasteiger charge is 2.23. The van der Waals surface area contributed by atoms with Gasteiger partial charge in [0.25, 0.3) is 0 Å². The fraction of sp³-hybridized carbons (Fsp3) is 0.348. The summed E-state index contributed by atoms with van der Waals surface area (Å²) in [7, 11) is 0. The fourth-order valence-electron chi connectivity index (χ4n) is 3.72. The lowest BCUT2D eigenvalue weighted by Gasteiger charge is -2.37. The van der Waals surface area contributed by atoms with E-state index in [-0.39, 0.29) is 0 Å². The van der Waals surface area contributed by atoms with E-state index >= 15 is 0 Å². The molecule has 1 N–H and O–H groups in total. The maximum Gasteiger partial charge on any atom is 0.162 e. The molecular formula is C23H29N2+. The smallest absolute Gasteiger partial charge is 0.162 e. The van der Waals surface area contributed by atoms with Gasteiger partial charge in [-0.1, -0.05) is 37.0 Å². The zero-order valence-corrected chi connectivity index (χ0v) is 15.3. The highest BCUT2D eigenvalue weighted by atomic mass is 15.1. The van der Waals surface area contributed by atoms with Crippen molar-refractivity contribution >= 4 is 18.0 Å². The molecule has 3 rings (SSSR count). The Kier molecular flexibility index (Phi) is 6.05. The Bertz CT molecular complexity index is 703. The molecule has 0 spiro atoms. The summed E-state index contributed by atoms with van der Waals surface area (Å²) in [5.41, 5.74) is 7.05. The van der Waals surface area contributed by atoms with Gasteiger partial charge in [-0.2, -0.15) is 0 Å². The molecule has 2 nitrogen and oxygen atoms in total. The van der Waals surface area contributed by atoms with Crippen LogP contribution in [0, 0.1) is 0 Å². The van der Waals surface area contributed by atoms with Crippen molar-refractivity contribution in [2.45, 2.75) is 32.6 Å². The van der Waals surface area contributed by atoms with E-state index in [1.165, 1.54) is 44.3 Å². The number of nitrogens with one attached hydrogen (secondary N) is 1. The number of hydrogen-bond acceptors (Lipinski definition) is 1. The second kappa shape index (κ2) is 8.66. The van der Waals surface area contributed by atoms with Crippen LogP contribution < -0.4 is 9.89 Å². The molecule has 2 heteroatoms. The van der Waals surface area contributed by atoms with E-state index in [0.717, 1.165) is 12.1 Å². The Hall–Kier alpha value is -2.35. The van der Waals surface area contributed by atoms with Crippen molar-refractivity contribution in [1.82, 2.24) is 0 Å². The fourth-order valence-corrected chi connectivity index (χ4v) is 3.72. The van der Waals surface area contributed by atoms with Crippen LogP contribution in [0.15, 0.2) is 54.7 Å². The third-order valence-corrected chi connectivity index (χ3v) is 4.88. The minimum absolute atomic E-state index is 0.933. The lowest BCUT2D eigenvalue weighted by molar-refractivity contribution is -0.446. The minimum atomic E-state index is 0.933. The maximum absolute atomic E-state index is 3.86. The molecule has 0 aliphatic carbocycles. The summed E-state index contributed by atoms with van der Waals surface area (Å²) in [6.45, 7) is 9.35. The molecule has 2 aliphatic rings. The van der Waals surface area contributed by atoms with E-state index in [1.807, 2.05) is 18.4 Å². The molecule has 1 aromatic rings. The first-order valence-corrected chi connectivity index (χ1v) is 9.46. The average molecular weight is 333 g/mol. The first kappa shape index (κ1) is 17.5. The zero-order chi connectivity index (χ0) is 17.5. The lowest BCUT2D eigenvalue weighted by Crippen LogP contribution is -2.67. The molecule has 0 amide bonds. The van der Waals surface area contributed by atoms with Crippen molar-refractivity contribution in [3.63, 3.8) is 0 Å². The molecule has 0 radical (unpaired) electrons. The summed E-state index contributed by atoms with van der Waals surface area (Å²) in [6.07, 6.45) is 19.4. The van der Waals surface area contributed by atoms with Crippen LogP contribution in [0.4, 0.5) is 5.69 Å². The SMILES string of the molecule is C=CC(/C=C/C=C/c1cc2c3c(c1)CCCN3CCC2)=C\C=[NH+]CC. The van der Waals surface area contributed by atoms with Crippen LogP contribution in [-0.4, -0.2) is 25.8 Å². The van der Waals surface area contributed by atoms with Gasteiger partial charge in [0, 0.05) is 24.9 Å². The second-order valence-electron chi connectivity index (χ2n) is 6.70. The molecule has 2 heterocycles. The minimum Gasteiger partial charge on any atom is -0.371 e. The molecular weight excluding hydrogens is 304 g/mol. The van der Waals surface area contributed by atoms with Crippen molar-refractivity contribution in [3.05, 3.63) is 71.4 Å². The quantitative estimate of drug-likeness (QED) is 0.625. The topological polar surface area (TPSA) is 17.2 Å². The van der Waals surface area contributed by atoms with Gasteiger partial charge in [-0.15, -0.1) is 0 Å². The van der Waals surface area contributed by atoms with Crippen LogP contribution in [0.25, 0.3) is 6.08 Å². The van der Waals surface area contributed by atoms with Crippen molar-refractivity contribution in [3.8, 4) is 0 Å². The molecule has 25 heavy (non-hydrogen) atoms. The van der Waals surface area contributed by atoms with E-state index < -0.39 is 0 Å². The Morgan fingerprint density at radius 3 is 2.52 bits per heavy atom. The molecule has 0 saturated carbocycles. The van der Waals surface area contributed by atoms with Gasteiger partial charge < -0.3 is 4.90 Å². The van der Waals surface area contributed by atoms with Crippen molar-refractivity contribution in [2.75, 3.05) is 24.5 Å². The molecule has 0 unspecified atom stereocenters. The van der Waals surface area contributed by atoms with E-state index in [4.69, 9.17) is 0 Å². The summed E-state index contributed by atoms with van der Waals surface area (Å²) >= 11 is 0. The van der Waals surface area contributed by atoms with Gasteiger partial charge in [0.2, 0.25) is 0 Å². The average Bonchev–Trinajstić information content (AvgIpc) is 2.64. The highest BCUT2D eigenvalue weighted by Crippen LogP contribution is 2.36. The van der Waals surface area contributed by atoms with Gasteiger partial charge >= 0.3 is 0 Å². The summed E-state index contributed by atoms with van der Waals surface area (Å²) in [4.78, 5) is 5.77. The number of nitrogens with zero attached hydrogens (tertiary/aromatic N) is 1. The highest BCUT2D eigenvalue weighted by molar-refractivity contribution is 5.70. The standard InChI is InChI=1S/C23H28N2/c1-3-19(13-14-24-4-2)9-5-6-10-20-17-21-11-7-15-25-16-8-12-22(18-20)23(21)25/h3,5-6,9-10,13-14,17-18H,1,4,7-8,11-12,15-16H2,2H3/p+1/b9-5+,10-6+,19-13+,24-14?. The van der Waals surface area contributed by atoms with Gasteiger partial charge in [-0.05, 0) is 67.0 Å². The normalized spacial score (nSPS) is 17.6. The van der Waals surface area contributed by atoms with Crippen LogP contribution in [0.5, 0.6) is 0 Å². The van der Waals surface area contributed by atoms with E-state index in [0.29, 0.717) is 0 Å². The van der Waals surface area contributed by atoms with Crippen molar-refractivity contribution < 1.29 is 4.99 Å². The Balaban J connectivity index is 1.74. The summed E-state index contributed by atoms with van der Waals surface area (Å²) < 4.78 is 0. The monoisotopic (exact) mass is 333 g/mol. The summed E-state index contributed by atoms with van der Waals surface area (Å²) in [5.74, 6) is 0. The molecule has 130 valence electrons. The Labute approximate surface area is 152 Å². The third kappa shape index (κ3) is 4.39. The summed E-state index contributed by atoms with van der Waals surface area (Å²) in [5, 5.41) is 0. The van der Waals surface area contributed by atoms with Gasteiger partial charge in [-0.3, -0.25) is 0 Å². The predicted molar refractivity (Wildman–Crippen MR) is 109 cm³/mol. The number of anilines is 1. The zero-order valence-electron chi connectivity index (χ0n) is 15.3.